The van der Waals surface area contributed by atoms with Crippen LogP contribution in [-0.2, 0) is 6.54 Å². The average molecular weight is 358 g/mol. The zero-order chi connectivity index (χ0) is 18.7. The summed E-state index contributed by atoms with van der Waals surface area (Å²) in [6.07, 6.45) is 0. The lowest BCUT2D eigenvalue weighted by molar-refractivity contribution is 0.355. The summed E-state index contributed by atoms with van der Waals surface area (Å²) in [7, 11) is 3.07. The quantitative estimate of drug-likeness (QED) is 0.703. The van der Waals surface area contributed by atoms with E-state index in [1.807, 2.05) is 0 Å². The molecule has 0 unspecified atom stereocenters. The summed E-state index contributed by atoms with van der Waals surface area (Å²) >= 11 is 0. The molecule has 3 aromatic rings. The topological polar surface area (TPSA) is 53.4 Å². The minimum Gasteiger partial charge on any atom is -0.493 e. The first-order chi connectivity index (χ1) is 12.5. The highest BCUT2D eigenvalue weighted by molar-refractivity contribution is 5.63. The molecule has 0 atom stereocenters. The Hall–Kier alpha value is -3.22. The predicted octanol–water partition coefficient (Wildman–Crippen LogP) is 3.25. The lowest BCUT2D eigenvalue weighted by atomic mass is 10.1. The molecule has 134 valence electrons. The van der Waals surface area contributed by atoms with Crippen LogP contribution in [0.25, 0.3) is 11.3 Å². The standard InChI is InChI=1S/C19H16F2N2O3/c1-25-17-7-4-13(10-18(17)26-2)16-6-8-19(24)23(22-16)11-12-3-5-14(20)15(21)9-12/h3-10H,11H2,1-2H3. The molecule has 0 aliphatic heterocycles. The Morgan fingerprint density at radius 2 is 1.69 bits per heavy atom. The van der Waals surface area contributed by atoms with Crippen LogP contribution in [0.4, 0.5) is 8.78 Å². The van der Waals surface area contributed by atoms with Crippen LogP contribution in [-0.4, -0.2) is 24.0 Å². The lowest BCUT2D eigenvalue weighted by Crippen LogP contribution is -2.23. The minimum atomic E-state index is -0.966. The summed E-state index contributed by atoms with van der Waals surface area (Å²) in [5, 5.41) is 4.31. The van der Waals surface area contributed by atoms with Crippen molar-refractivity contribution in [1.29, 1.82) is 0 Å². The Bertz CT molecular complexity index is 1000. The van der Waals surface area contributed by atoms with Gasteiger partial charge in [-0.05, 0) is 42.0 Å². The highest BCUT2D eigenvalue weighted by Gasteiger charge is 2.10. The van der Waals surface area contributed by atoms with E-state index in [1.165, 1.54) is 31.0 Å². The fourth-order valence-corrected chi connectivity index (χ4v) is 2.52. The molecule has 26 heavy (non-hydrogen) atoms. The molecule has 0 fully saturated rings. The van der Waals surface area contributed by atoms with Crippen LogP contribution < -0.4 is 15.0 Å². The lowest BCUT2D eigenvalue weighted by Gasteiger charge is -2.11. The van der Waals surface area contributed by atoms with Crippen molar-refractivity contribution in [2.75, 3.05) is 14.2 Å². The number of nitrogens with zero attached hydrogens (tertiary/aromatic N) is 2. The molecule has 2 aromatic carbocycles. The van der Waals surface area contributed by atoms with Crippen LogP contribution in [0.2, 0.25) is 0 Å². The first-order valence-corrected chi connectivity index (χ1v) is 7.76. The van der Waals surface area contributed by atoms with Gasteiger partial charge in [0.15, 0.2) is 23.1 Å². The normalized spacial score (nSPS) is 10.6. The van der Waals surface area contributed by atoms with Crippen LogP contribution >= 0.6 is 0 Å². The second-order valence-corrected chi connectivity index (χ2v) is 5.53. The molecule has 1 heterocycles. The molecule has 0 aliphatic rings. The van der Waals surface area contributed by atoms with Gasteiger partial charge < -0.3 is 9.47 Å². The Labute approximate surface area is 148 Å². The number of aromatic nitrogens is 2. The predicted molar refractivity (Wildman–Crippen MR) is 92.5 cm³/mol. The number of methoxy groups -OCH3 is 2. The van der Waals surface area contributed by atoms with Crippen molar-refractivity contribution < 1.29 is 18.3 Å². The number of halogens is 2. The summed E-state index contributed by atoms with van der Waals surface area (Å²) in [6, 6.07) is 11.7. The summed E-state index contributed by atoms with van der Waals surface area (Å²) in [6.45, 7) is 0.0250. The minimum absolute atomic E-state index is 0.0250. The molecule has 0 spiro atoms. The molecule has 0 bridgehead atoms. The second-order valence-electron chi connectivity index (χ2n) is 5.53. The van der Waals surface area contributed by atoms with Gasteiger partial charge in [-0.2, -0.15) is 5.10 Å². The highest BCUT2D eigenvalue weighted by atomic mass is 19.2. The zero-order valence-electron chi connectivity index (χ0n) is 14.2. The molecule has 0 saturated carbocycles. The monoisotopic (exact) mass is 358 g/mol. The van der Waals surface area contributed by atoms with Gasteiger partial charge in [-0.25, -0.2) is 13.5 Å². The van der Waals surface area contributed by atoms with Crippen LogP contribution in [0.1, 0.15) is 5.56 Å². The molecule has 0 aliphatic carbocycles. The first-order valence-electron chi connectivity index (χ1n) is 7.76. The van der Waals surface area contributed by atoms with Gasteiger partial charge in [-0.3, -0.25) is 4.79 Å². The van der Waals surface area contributed by atoms with Crippen molar-refractivity contribution >= 4 is 0 Å². The summed E-state index contributed by atoms with van der Waals surface area (Å²) in [4.78, 5) is 12.1. The van der Waals surface area contributed by atoms with Crippen molar-refractivity contribution in [3.8, 4) is 22.8 Å². The van der Waals surface area contributed by atoms with Crippen molar-refractivity contribution in [1.82, 2.24) is 9.78 Å². The van der Waals surface area contributed by atoms with Crippen LogP contribution in [0.3, 0.4) is 0 Å². The third-order valence-corrected chi connectivity index (χ3v) is 3.86. The van der Waals surface area contributed by atoms with E-state index in [1.54, 1.807) is 24.3 Å². The third-order valence-electron chi connectivity index (χ3n) is 3.86. The number of hydrogen-bond acceptors (Lipinski definition) is 4. The average Bonchev–Trinajstić information content (AvgIpc) is 2.66. The van der Waals surface area contributed by atoms with E-state index >= 15 is 0 Å². The highest BCUT2D eigenvalue weighted by Crippen LogP contribution is 2.31. The van der Waals surface area contributed by atoms with Gasteiger partial charge in [0.1, 0.15) is 0 Å². The molecule has 7 heteroatoms. The van der Waals surface area contributed by atoms with Crippen LogP contribution in [0.15, 0.2) is 53.3 Å². The van der Waals surface area contributed by atoms with Crippen molar-refractivity contribution in [2.24, 2.45) is 0 Å². The molecule has 0 amide bonds. The Morgan fingerprint density at radius 1 is 0.923 bits per heavy atom. The summed E-state index contributed by atoms with van der Waals surface area (Å²) in [5.41, 5.74) is 1.34. The van der Waals surface area contributed by atoms with Crippen molar-refractivity contribution in [3.63, 3.8) is 0 Å². The molecule has 5 nitrogen and oxygen atoms in total. The first kappa shape index (κ1) is 17.6. The zero-order valence-corrected chi connectivity index (χ0v) is 14.2. The molecule has 0 radical (unpaired) electrons. The van der Waals surface area contributed by atoms with E-state index in [0.29, 0.717) is 22.8 Å². The van der Waals surface area contributed by atoms with E-state index in [0.717, 1.165) is 17.7 Å². The fourth-order valence-electron chi connectivity index (χ4n) is 2.52. The molecular formula is C19H16F2N2O3. The van der Waals surface area contributed by atoms with Gasteiger partial charge >= 0.3 is 0 Å². The van der Waals surface area contributed by atoms with E-state index < -0.39 is 11.6 Å². The summed E-state index contributed by atoms with van der Waals surface area (Å²) < 4.78 is 38.1. The van der Waals surface area contributed by atoms with E-state index in [2.05, 4.69) is 5.10 Å². The molecular weight excluding hydrogens is 342 g/mol. The maximum Gasteiger partial charge on any atom is 0.267 e. The maximum atomic E-state index is 13.4. The van der Waals surface area contributed by atoms with Gasteiger partial charge in [0.25, 0.3) is 5.56 Å². The third kappa shape index (κ3) is 3.56. The van der Waals surface area contributed by atoms with Gasteiger partial charge in [-0.15, -0.1) is 0 Å². The number of ether oxygens (including phenoxy) is 2. The fraction of sp³-hybridized carbons (Fsp3) is 0.158. The smallest absolute Gasteiger partial charge is 0.267 e. The number of benzene rings is 2. The number of rotatable bonds is 5. The molecule has 0 saturated heterocycles. The largest absolute Gasteiger partial charge is 0.493 e. The van der Waals surface area contributed by atoms with Gasteiger partial charge in [0, 0.05) is 11.6 Å². The van der Waals surface area contributed by atoms with Gasteiger partial charge in [0.2, 0.25) is 0 Å². The Kier molecular flexibility index (Phi) is 4.97. The Balaban J connectivity index is 1.97. The van der Waals surface area contributed by atoms with Gasteiger partial charge in [-0.1, -0.05) is 6.07 Å². The van der Waals surface area contributed by atoms with E-state index in [4.69, 9.17) is 9.47 Å². The second kappa shape index (κ2) is 7.35. The van der Waals surface area contributed by atoms with Crippen LogP contribution in [0, 0.1) is 11.6 Å². The molecule has 1 aromatic heterocycles. The molecule has 0 N–H and O–H groups in total. The van der Waals surface area contributed by atoms with Crippen molar-refractivity contribution in [2.45, 2.75) is 6.54 Å². The molecule has 3 rings (SSSR count). The van der Waals surface area contributed by atoms with E-state index in [-0.39, 0.29) is 12.1 Å². The number of hydrogen-bond donors (Lipinski definition) is 0. The SMILES string of the molecule is COc1ccc(-c2ccc(=O)n(Cc3ccc(F)c(F)c3)n2)cc1OC. The van der Waals surface area contributed by atoms with Crippen LogP contribution in [0.5, 0.6) is 11.5 Å². The Morgan fingerprint density at radius 3 is 2.38 bits per heavy atom. The van der Waals surface area contributed by atoms with Crippen molar-refractivity contribution in [3.05, 3.63) is 76.1 Å². The van der Waals surface area contributed by atoms with E-state index in [9.17, 15) is 13.6 Å². The summed E-state index contributed by atoms with van der Waals surface area (Å²) in [5.74, 6) is -0.795. The van der Waals surface area contributed by atoms with Gasteiger partial charge in [0.05, 0.1) is 26.5 Å². The maximum absolute atomic E-state index is 13.4.